The number of ketones is 1. The van der Waals surface area contributed by atoms with Gasteiger partial charge in [-0.2, -0.15) is 0 Å². The molecular formula is C17H16Cl2O2. The van der Waals surface area contributed by atoms with E-state index >= 15 is 0 Å². The summed E-state index contributed by atoms with van der Waals surface area (Å²) in [4.78, 5) is 12.4. The normalized spacial score (nSPS) is 10.5. The zero-order valence-electron chi connectivity index (χ0n) is 12.2. The van der Waals surface area contributed by atoms with Crippen LogP contribution in [0.5, 0.6) is 5.75 Å². The molecule has 0 spiro atoms. The molecule has 0 saturated carbocycles. The van der Waals surface area contributed by atoms with Crippen LogP contribution in [0.2, 0.25) is 10.0 Å². The number of benzene rings is 2. The second-order valence-corrected chi connectivity index (χ2v) is 5.85. The zero-order chi connectivity index (χ0) is 15.6. The number of ether oxygens (including phenoxy) is 1. The summed E-state index contributed by atoms with van der Waals surface area (Å²) >= 11 is 12.0. The van der Waals surface area contributed by atoms with E-state index in [9.17, 15) is 4.79 Å². The highest BCUT2D eigenvalue weighted by atomic mass is 35.5. The number of carbonyl (C=O) groups is 1. The van der Waals surface area contributed by atoms with Gasteiger partial charge in [-0.05, 0) is 44.0 Å². The molecule has 0 aliphatic rings. The Balaban J connectivity index is 2.20. The van der Waals surface area contributed by atoms with Crippen molar-refractivity contribution in [2.24, 2.45) is 0 Å². The summed E-state index contributed by atoms with van der Waals surface area (Å²) in [5.74, 6) is 0.262. The third kappa shape index (κ3) is 3.58. The van der Waals surface area contributed by atoms with Gasteiger partial charge in [-0.1, -0.05) is 47.0 Å². The van der Waals surface area contributed by atoms with E-state index in [2.05, 4.69) is 0 Å². The molecular weight excluding hydrogens is 307 g/mol. The number of para-hydroxylation sites is 1. The van der Waals surface area contributed by atoms with Gasteiger partial charge >= 0.3 is 0 Å². The van der Waals surface area contributed by atoms with Crippen LogP contribution in [-0.4, -0.2) is 12.4 Å². The maximum atomic E-state index is 12.4. The number of carbonyl (C=O) groups excluding carboxylic acids is 1. The Morgan fingerprint density at radius 3 is 2.10 bits per heavy atom. The number of rotatable bonds is 4. The van der Waals surface area contributed by atoms with Crippen LogP contribution < -0.4 is 4.74 Å². The molecule has 2 rings (SSSR count). The molecule has 0 aromatic heterocycles. The van der Waals surface area contributed by atoms with E-state index in [-0.39, 0.29) is 12.4 Å². The van der Waals surface area contributed by atoms with Crippen molar-refractivity contribution in [1.29, 1.82) is 0 Å². The Hall–Kier alpha value is -1.51. The minimum absolute atomic E-state index is 0.0824. The molecule has 0 amide bonds. The van der Waals surface area contributed by atoms with Gasteiger partial charge in [0.2, 0.25) is 5.78 Å². The number of halogens is 2. The summed E-state index contributed by atoms with van der Waals surface area (Å²) in [7, 11) is 0. The van der Waals surface area contributed by atoms with Crippen LogP contribution in [0.3, 0.4) is 0 Å². The standard InChI is InChI=1S/C17H16Cl2O2/c1-10-7-11(2)16(12(3)8-10)15(20)9-21-17-13(18)5-4-6-14(17)19/h4-8H,9H2,1-3H3. The first-order valence-electron chi connectivity index (χ1n) is 6.58. The van der Waals surface area contributed by atoms with Gasteiger partial charge in [-0.25, -0.2) is 0 Å². The van der Waals surface area contributed by atoms with Crippen LogP contribution >= 0.6 is 23.2 Å². The van der Waals surface area contributed by atoms with Crippen molar-refractivity contribution in [2.75, 3.05) is 6.61 Å². The highest BCUT2D eigenvalue weighted by Gasteiger charge is 2.15. The first-order valence-corrected chi connectivity index (χ1v) is 7.33. The van der Waals surface area contributed by atoms with E-state index in [0.717, 1.165) is 16.7 Å². The maximum Gasteiger partial charge on any atom is 0.200 e. The van der Waals surface area contributed by atoms with Gasteiger partial charge in [0.1, 0.15) is 0 Å². The van der Waals surface area contributed by atoms with Gasteiger partial charge < -0.3 is 4.74 Å². The highest BCUT2D eigenvalue weighted by molar-refractivity contribution is 6.37. The van der Waals surface area contributed by atoms with Crippen LogP contribution in [-0.2, 0) is 0 Å². The summed E-state index contributed by atoms with van der Waals surface area (Å²) in [6, 6.07) is 9.06. The predicted octanol–water partition coefficient (Wildman–Crippen LogP) is 5.18. The van der Waals surface area contributed by atoms with Crippen molar-refractivity contribution >= 4 is 29.0 Å². The molecule has 0 atom stereocenters. The fraction of sp³-hybridized carbons (Fsp3) is 0.235. The average molecular weight is 323 g/mol. The molecule has 0 heterocycles. The summed E-state index contributed by atoms with van der Waals surface area (Å²) in [5, 5.41) is 0.792. The fourth-order valence-electron chi connectivity index (χ4n) is 2.45. The first-order chi connectivity index (χ1) is 9.90. The molecule has 0 aliphatic heterocycles. The number of aryl methyl sites for hydroxylation is 3. The minimum Gasteiger partial charge on any atom is -0.482 e. The third-order valence-corrected chi connectivity index (χ3v) is 3.82. The number of Topliss-reactive ketones (excluding diaryl/α,β-unsaturated/α-hetero) is 1. The molecule has 2 aromatic carbocycles. The molecule has 2 aromatic rings. The van der Waals surface area contributed by atoms with Crippen molar-refractivity contribution < 1.29 is 9.53 Å². The van der Waals surface area contributed by atoms with Gasteiger partial charge in [0.25, 0.3) is 0 Å². The van der Waals surface area contributed by atoms with Gasteiger partial charge in [0.15, 0.2) is 12.4 Å². The Morgan fingerprint density at radius 1 is 1.05 bits per heavy atom. The second kappa shape index (κ2) is 6.50. The Labute approximate surface area is 134 Å². The molecule has 0 N–H and O–H groups in total. The zero-order valence-corrected chi connectivity index (χ0v) is 13.7. The Kier molecular flexibility index (Phi) is 4.92. The van der Waals surface area contributed by atoms with Crippen molar-refractivity contribution in [3.05, 3.63) is 62.6 Å². The predicted molar refractivity (Wildman–Crippen MR) is 86.9 cm³/mol. The maximum absolute atomic E-state index is 12.4. The second-order valence-electron chi connectivity index (χ2n) is 5.04. The lowest BCUT2D eigenvalue weighted by Gasteiger charge is -2.12. The summed E-state index contributed by atoms with van der Waals surface area (Å²) in [5.41, 5.74) is 3.73. The van der Waals surface area contributed by atoms with Crippen LogP contribution in [0.15, 0.2) is 30.3 Å². The van der Waals surface area contributed by atoms with E-state index < -0.39 is 0 Å². The molecule has 0 fully saturated rings. The summed E-state index contributed by atoms with van der Waals surface area (Å²) in [6.07, 6.45) is 0. The molecule has 0 aliphatic carbocycles. The average Bonchev–Trinajstić information content (AvgIpc) is 2.36. The Morgan fingerprint density at radius 2 is 1.57 bits per heavy atom. The minimum atomic E-state index is -0.0891. The van der Waals surface area contributed by atoms with Gasteiger partial charge in [0.05, 0.1) is 10.0 Å². The van der Waals surface area contributed by atoms with Crippen molar-refractivity contribution in [2.45, 2.75) is 20.8 Å². The van der Waals surface area contributed by atoms with E-state index in [1.165, 1.54) is 0 Å². The molecule has 110 valence electrons. The lowest BCUT2D eigenvalue weighted by molar-refractivity contribution is 0.0920. The van der Waals surface area contributed by atoms with Crippen molar-refractivity contribution in [3.8, 4) is 5.75 Å². The molecule has 0 unspecified atom stereocenters. The lowest BCUT2D eigenvalue weighted by Crippen LogP contribution is -2.15. The van der Waals surface area contributed by atoms with Crippen molar-refractivity contribution in [1.82, 2.24) is 0 Å². The molecule has 21 heavy (non-hydrogen) atoms. The van der Waals surface area contributed by atoms with Crippen molar-refractivity contribution in [3.63, 3.8) is 0 Å². The molecule has 4 heteroatoms. The monoisotopic (exact) mass is 322 g/mol. The molecule has 2 nitrogen and oxygen atoms in total. The lowest BCUT2D eigenvalue weighted by atomic mass is 9.97. The third-order valence-electron chi connectivity index (χ3n) is 3.22. The van der Waals surface area contributed by atoms with Gasteiger partial charge in [-0.15, -0.1) is 0 Å². The molecule has 0 saturated heterocycles. The van der Waals surface area contributed by atoms with Crippen LogP contribution in [0, 0.1) is 20.8 Å². The van der Waals surface area contributed by atoms with Crippen LogP contribution in [0.1, 0.15) is 27.0 Å². The highest BCUT2D eigenvalue weighted by Crippen LogP contribution is 2.32. The Bertz CT molecular complexity index is 650. The SMILES string of the molecule is Cc1cc(C)c(C(=O)COc2c(Cl)cccc2Cl)c(C)c1. The van der Waals surface area contributed by atoms with Crippen LogP contribution in [0.25, 0.3) is 0 Å². The number of hydrogen-bond donors (Lipinski definition) is 0. The van der Waals surface area contributed by atoms with E-state index in [0.29, 0.717) is 21.4 Å². The largest absolute Gasteiger partial charge is 0.482 e. The molecule has 0 bridgehead atoms. The fourth-order valence-corrected chi connectivity index (χ4v) is 2.96. The molecule has 0 radical (unpaired) electrons. The summed E-state index contributed by atoms with van der Waals surface area (Å²) in [6.45, 7) is 5.77. The quantitative estimate of drug-likeness (QED) is 0.725. The van der Waals surface area contributed by atoms with Gasteiger partial charge in [-0.3, -0.25) is 4.79 Å². The smallest absolute Gasteiger partial charge is 0.200 e. The van der Waals surface area contributed by atoms with Crippen LogP contribution in [0.4, 0.5) is 0 Å². The van der Waals surface area contributed by atoms with Gasteiger partial charge in [0, 0.05) is 5.56 Å². The first kappa shape index (κ1) is 15.9. The summed E-state index contributed by atoms with van der Waals surface area (Å²) < 4.78 is 5.51. The van der Waals surface area contributed by atoms with E-state index in [1.807, 2.05) is 32.9 Å². The van der Waals surface area contributed by atoms with E-state index in [1.54, 1.807) is 18.2 Å². The topological polar surface area (TPSA) is 26.3 Å². The number of hydrogen-bond acceptors (Lipinski definition) is 2. The van der Waals surface area contributed by atoms with E-state index in [4.69, 9.17) is 27.9 Å².